The monoisotopic (exact) mass is 213 g/mol. The standard InChI is InChI=1S/C11H16ClNO/c1-7-6-10(14)9(4-3-5-13)8(2)11(7)12/h6,14H,3-5,13H2,1-2H3. The van der Waals surface area contributed by atoms with Gasteiger partial charge in [-0.25, -0.2) is 0 Å². The van der Waals surface area contributed by atoms with Gasteiger partial charge in [0.25, 0.3) is 0 Å². The number of hydrogen-bond acceptors (Lipinski definition) is 2. The molecule has 0 radical (unpaired) electrons. The highest BCUT2D eigenvalue weighted by Crippen LogP contribution is 2.31. The number of rotatable bonds is 3. The average molecular weight is 214 g/mol. The Bertz CT molecular complexity index is 337. The van der Waals surface area contributed by atoms with Gasteiger partial charge in [-0.1, -0.05) is 11.6 Å². The highest BCUT2D eigenvalue weighted by molar-refractivity contribution is 6.32. The fraction of sp³-hybridized carbons (Fsp3) is 0.455. The molecule has 0 amide bonds. The van der Waals surface area contributed by atoms with Crippen molar-refractivity contribution in [2.75, 3.05) is 6.54 Å². The van der Waals surface area contributed by atoms with Crippen LogP contribution >= 0.6 is 11.6 Å². The lowest BCUT2D eigenvalue weighted by atomic mass is 10.00. The van der Waals surface area contributed by atoms with Crippen molar-refractivity contribution in [1.82, 2.24) is 0 Å². The number of nitrogens with two attached hydrogens (primary N) is 1. The van der Waals surface area contributed by atoms with E-state index >= 15 is 0 Å². The highest BCUT2D eigenvalue weighted by Gasteiger charge is 2.10. The van der Waals surface area contributed by atoms with E-state index < -0.39 is 0 Å². The molecule has 78 valence electrons. The Morgan fingerprint density at radius 1 is 1.43 bits per heavy atom. The normalized spacial score (nSPS) is 10.6. The second-order valence-electron chi connectivity index (χ2n) is 3.52. The van der Waals surface area contributed by atoms with E-state index in [4.69, 9.17) is 17.3 Å². The van der Waals surface area contributed by atoms with Crippen molar-refractivity contribution in [1.29, 1.82) is 0 Å². The molecule has 0 aliphatic rings. The SMILES string of the molecule is Cc1cc(O)c(CCCN)c(C)c1Cl. The molecule has 0 bridgehead atoms. The van der Waals surface area contributed by atoms with E-state index in [-0.39, 0.29) is 0 Å². The van der Waals surface area contributed by atoms with Gasteiger partial charge in [-0.3, -0.25) is 0 Å². The van der Waals surface area contributed by atoms with Crippen molar-refractivity contribution in [3.05, 3.63) is 27.8 Å². The molecule has 0 fully saturated rings. The topological polar surface area (TPSA) is 46.2 Å². The van der Waals surface area contributed by atoms with Gasteiger partial charge in [0.1, 0.15) is 5.75 Å². The third-order valence-corrected chi connectivity index (χ3v) is 3.00. The first-order chi connectivity index (χ1) is 6.57. The zero-order valence-electron chi connectivity index (χ0n) is 8.60. The van der Waals surface area contributed by atoms with Crippen molar-refractivity contribution in [3.63, 3.8) is 0 Å². The number of hydrogen-bond donors (Lipinski definition) is 2. The van der Waals surface area contributed by atoms with E-state index in [0.717, 1.165) is 34.6 Å². The smallest absolute Gasteiger partial charge is 0.119 e. The number of aromatic hydroxyl groups is 1. The second kappa shape index (κ2) is 4.67. The lowest BCUT2D eigenvalue weighted by molar-refractivity contribution is 0.466. The van der Waals surface area contributed by atoms with Crippen molar-refractivity contribution in [3.8, 4) is 5.75 Å². The summed E-state index contributed by atoms with van der Waals surface area (Å²) < 4.78 is 0. The summed E-state index contributed by atoms with van der Waals surface area (Å²) in [5.41, 5.74) is 8.24. The van der Waals surface area contributed by atoms with Gasteiger partial charge in [-0.2, -0.15) is 0 Å². The van der Waals surface area contributed by atoms with Gasteiger partial charge in [0, 0.05) is 5.02 Å². The zero-order valence-corrected chi connectivity index (χ0v) is 9.36. The molecule has 1 aromatic carbocycles. The van der Waals surface area contributed by atoms with Crippen LogP contribution in [0.3, 0.4) is 0 Å². The largest absolute Gasteiger partial charge is 0.508 e. The molecule has 2 nitrogen and oxygen atoms in total. The molecule has 0 aliphatic carbocycles. The molecule has 0 saturated heterocycles. The number of halogens is 1. The van der Waals surface area contributed by atoms with Crippen LogP contribution < -0.4 is 5.73 Å². The van der Waals surface area contributed by atoms with Gasteiger partial charge >= 0.3 is 0 Å². The summed E-state index contributed by atoms with van der Waals surface area (Å²) >= 11 is 6.09. The Labute approximate surface area is 89.7 Å². The average Bonchev–Trinajstić information content (AvgIpc) is 2.14. The maximum absolute atomic E-state index is 9.72. The molecule has 1 aromatic rings. The lowest BCUT2D eigenvalue weighted by Crippen LogP contribution is -2.02. The van der Waals surface area contributed by atoms with Crippen LogP contribution in [0.4, 0.5) is 0 Å². The Hall–Kier alpha value is -0.730. The summed E-state index contributed by atoms with van der Waals surface area (Å²) in [7, 11) is 0. The fourth-order valence-corrected chi connectivity index (χ4v) is 1.74. The van der Waals surface area contributed by atoms with Crippen LogP contribution in [-0.2, 0) is 6.42 Å². The summed E-state index contributed by atoms with van der Waals surface area (Å²) in [6, 6.07) is 1.71. The summed E-state index contributed by atoms with van der Waals surface area (Å²) in [6.07, 6.45) is 1.65. The first kappa shape index (κ1) is 11.3. The maximum Gasteiger partial charge on any atom is 0.119 e. The molecule has 0 spiro atoms. The highest BCUT2D eigenvalue weighted by atomic mass is 35.5. The molecule has 0 unspecified atom stereocenters. The van der Waals surface area contributed by atoms with Crippen LogP contribution in [0.2, 0.25) is 5.02 Å². The number of benzene rings is 1. The van der Waals surface area contributed by atoms with Crippen LogP contribution in [0, 0.1) is 13.8 Å². The van der Waals surface area contributed by atoms with Gasteiger partial charge in [0.15, 0.2) is 0 Å². The third-order valence-electron chi connectivity index (χ3n) is 2.42. The predicted octanol–water partition coefficient (Wildman–Crippen LogP) is 2.55. The minimum atomic E-state index is 0.331. The van der Waals surface area contributed by atoms with Crippen LogP contribution in [0.1, 0.15) is 23.1 Å². The van der Waals surface area contributed by atoms with Crippen molar-refractivity contribution >= 4 is 11.6 Å². The third kappa shape index (κ3) is 2.20. The molecule has 0 aromatic heterocycles. The van der Waals surface area contributed by atoms with E-state index in [0.29, 0.717) is 12.3 Å². The molecule has 0 saturated carbocycles. The quantitative estimate of drug-likeness (QED) is 0.811. The van der Waals surface area contributed by atoms with Crippen molar-refractivity contribution in [2.24, 2.45) is 5.73 Å². The van der Waals surface area contributed by atoms with Gasteiger partial charge in [-0.05, 0) is 56.0 Å². The fourth-order valence-electron chi connectivity index (χ4n) is 1.57. The Morgan fingerprint density at radius 3 is 2.64 bits per heavy atom. The van der Waals surface area contributed by atoms with Crippen LogP contribution in [0.15, 0.2) is 6.07 Å². The Morgan fingerprint density at radius 2 is 2.07 bits per heavy atom. The molecule has 1 rings (SSSR count). The van der Waals surface area contributed by atoms with Crippen LogP contribution in [-0.4, -0.2) is 11.7 Å². The van der Waals surface area contributed by atoms with Crippen molar-refractivity contribution < 1.29 is 5.11 Å². The number of phenolic OH excluding ortho intramolecular Hbond substituents is 1. The summed E-state index contributed by atoms with van der Waals surface area (Å²) in [6.45, 7) is 4.45. The number of aryl methyl sites for hydroxylation is 1. The molecular formula is C11H16ClNO. The number of phenols is 1. The lowest BCUT2D eigenvalue weighted by Gasteiger charge is -2.11. The van der Waals surface area contributed by atoms with E-state index in [1.165, 1.54) is 0 Å². The van der Waals surface area contributed by atoms with E-state index in [9.17, 15) is 5.11 Å². The van der Waals surface area contributed by atoms with Gasteiger partial charge in [-0.15, -0.1) is 0 Å². The molecule has 3 N–H and O–H groups in total. The Kier molecular flexibility index (Phi) is 3.78. The summed E-state index contributed by atoms with van der Waals surface area (Å²) in [5.74, 6) is 0.331. The summed E-state index contributed by atoms with van der Waals surface area (Å²) in [5, 5.41) is 10.5. The van der Waals surface area contributed by atoms with Gasteiger partial charge in [0.05, 0.1) is 0 Å². The van der Waals surface area contributed by atoms with Gasteiger partial charge < -0.3 is 10.8 Å². The minimum absolute atomic E-state index is 0.331. The first-order valence-corrected chi connectivity index (χ1v) is 5.13. The second-order valence-corrected chi connectivity index (χ2v) is 3.90. The van der Waals surface area contributed by atoms with E-state index in [2.05, 4.69) is 0 Å². The molecule has 0 atom stereocenters. The van der Waals surface area contributed by atoms with Crippen molar-refractivity contribution in [2.45, 2.75) is 26.7 Å². The zero-order chi connectivity index (χ0) is 10.7. The maximum atomic E-state index is 9.72. The van der Waals surface area contributed by atoms with E-state index in [1.54, 1.807) is 6.07 Å². The first-order valence-electron chi connectivity index (χ1n) is 4.75. The molecule has 0 aliphatic heterocycles. The Balaban J connectivity index is 3.09. The minimum Gasteiger partial charge on any atom is -0.508 e. The molecular weight excluding hydrogens is 198 g/mol. The van der Waals surface area contributed by atoms with Crippen LogP contribution in [0.5, 0.6) is 5.75 Å². The molecule has 0 heterocycles. The summed E-state index contributed by atoms with van der Waals surface area (Å²) in [4.78, 5) is 0. The van der Waals surface area contributed by atoms with E-state index in [1.807, 2.05) is 13.8 Å². The molecule has 3 heteroatoms. The van der Waals surface area contributed by atoms with Crippen LogP contribution in [0.25, 0.3) is 0 Å². The predicted molar refractivity (Wildman–Crippen MR) is 60.0 cm³/mol. The van der Waals surface area contributed by atoms with Gasteiger partial charge in [0.2, 0.25) is 0 Å². The molecule has 14 heavy (non-hydrogen) atoms.